The summed E-state index contributed by atoms with van der Waals surface area (Å²) in [5.74, 6) is -1.18. The Kier molecular flexibility index (Phi) is 5.78. The van der Waals surface area contributed by atoms with Gasteiger partial charge in [-0.25, -0.2) is 4.79 Å². The van der Waals surface area contributed by atoms with Gasteiger partial charge in [-0.2, -0.15) is 0 Å². The number of imide groups is 1. The van der Waals surface area contributed by atoms with E-state index in [4.69, 9.17) is 0 Å². The first kappa shape index (κ1) is 22.9. The van der Waals surface area contributed by atoms with Crippen molar-refractivity contribution in [3.8, 4) is 0 Å². The van der Waals surface area contributed by atoms with Crippen LogP contribution in [0.25, 0.3) is 0 Å². The Labute approximate surface area is 185 Å². The predicted molar refractivity (Wildman–Crippen MR) is 119 cm³/mol. The molecule has 0 aliphatic carbocycles. The quantitative estimate of drug-likeness (QED) is 0.420. The molecule has 0 radical (unpaired) electrons. The van der Waals surface area contributed by atoms with Crippen molar-refractivity contribution in [3.63, 3.8) is 0 Å². The van der Waals surface area contributed by atoms with Gasteiger partial charge < -0.3 is 10.6 Å². The molecule has 1 heterocycles. The number of non-ortho nitro benzene ring substituents is 1. The van der Waals surface area contributed by atoms with Crippen LogP contribution in [0.5, 0.6) is 0 Å². The summed E-state index contributed by atoms with van der Waals surface area (Å²) in [5, 5.41) is 16.2. The number of carbonyl (C=O) groups excluding carboxylic acids is 3. The Bertz CT molecular complexity index is 1100. The summed E-state index contributed by atoms with van der Waals surface area (Å²) in [7, 11) is 0. The monoisotopic (exact) mass is 438 g/mol. The molecule has 0 saturated carbocycles. The molecule has 1 saturated heterocycles. The maximum Gasteiger partial charge on any atom is 0.325 e. The number of benzene rings is 2. The molecular formula is C23H26N4O5. The van der Waals surface area contributed by atoms with Gasteiger partial charge >= 0.3 is 6.03 Å². The molecule has 0 bridgehead atoms. The van der Waals surface area contributed by atoms with E-state index in [0.717, 1.165) is 10.5 Å². The zero-order valence-electron chi connectivity index (χ0n) is 18.7. The van der Waals surface area contributed by atoms with Crippen LogP contribution in [0.4, 0.5) is 16.2 Å². The number of aryl methyl sites for hydroxylation is 1. The van der Waals surface area contributed by atoms with Crippen LogP contribution in [-0.4, -0.2) is 34.2 Å². The van der Waals surface area contributed by atoms with Crippen LogP contribution in [0.1, 0.15) is 44.4 Å². The Morgan fingerprint density at radius 3 is 2.34 bits per heavy atom. The predicted octanol–water partition coefficient (Wildman–Crippen LogP) is 3.61. The van der Waals surface area contributed by atoms with E-state index in [1.165, 1.54) is 18.2 Å². The molecule has 9 heteroatoms. The molecule has 1 aliphatic rings. The minimum absolute atomic E-state index is 0.0584. The molecule has 9 nitrogen and oxygen atoms in total. The zero-order valence-corrected chi connectivity index (χ0v) is 18.7. The number of anilines is 1. The molecule has 2 N–H and O–H groups in total. The number of nitro benzene ring substituents is 1. The van der Waals surface area contributed by atoms with Crippen molar-refractivity contribution in [3.05, 3.63) is 69.3 Å². The largest absolute Gasteiger partial charge is 0.325 e. The summed E-state index contributed by atoms with van der Waals surface area (Å²) >= 11 is 0. The van der Waals surface area contributed by atoms with Crippen LogP contribution >= 0.6 is 0 Å². The third-order valence-corrected chi connectivity index (χ3v) is 5.61. The molecule has 4 amide bonds. The van der Waals surface area contributed by atoms with E-state index in [-0.39, 0.29) is 16.8 Å². The lowest BCUT2D eigenvalue weighted by Gasteiger charge is -2.24. The van der Waals surface area contributed by atoms with Crippen LogP contribution in [0.15, 0.2) is 42.5 Å². The summed E-state index contributed by atoms with van der Waals surface area (Å²) in [6.45, 7) is 9.01. The van der Waals surface area contributed by atoms with E-state index < -0.39 is 34.9 Å². The van der Waals surface area contributed by atoms with Crippen molar-refractivity contribution < 1.29 is 19.3 Å². The van der Waals surface area contributed by atoms with Crippen molar-refractivity contribution in [1.29, 1.82) is 0 Å². The highest BCUT2D eigenvalue weighted by Crippen LogP contribution is 2.31. The van der Waals surface area contributed by atoms with E-state index in [1.807, 2.05) is 12.1 Å². The van der Waals surface area contributed by atoms with Gasteiger partial charge in [-0.15, -0.1) is 0 Å². The molecule has 1 unspecified atom stereocenters. The Balaban J connectivity index is 1.77. The molecule has 2 aromatic rings. The van der Waals surface area contributed by atoms with E-state index in [2.05, 4.69) is 31.4 Å². The first-order valence-electron chi connectivity index (χ1n) is 10.1. The second-order valence-corrected chi connectivity index (χ2v) is 9.08. The van der Waals surface area contributed by atoms with Crippen LogP contribution in [0.3, 0.4) is 0 Å². The lowest BCUT2D eigenvalue weighted by Crippen LogP contribution is -2.42. The van der Waals surface area contributed by atoms with Crippen molar-refractivity contribution in [2.24, 2.45) is 0 Å². The minimum Gasteiger partial charge on any atom is -0.324 e. The summed E-state index contributed by atoms with van der Waals surface area (Å²) in [4.78, 5) is 49.4. The van der Waals surface area contributed by atoms with Gasteiger partial charge in [0.15, 0.2) is 0 Å². The smallest absolute Gasteiger partial charge is 0.324 e. The van der Waals surface area contributed by atoms with Gasteiger partial charge in [0.2, 0.25) is 5.91 Å². The Morgan fingerprint density at radius 1 is 1.16 bits per heavy atom. The number of hydrogen-bond acceptors (Lipinski definition) is 5. The molecule has 0 aromatic heterocycles. The van der Waals surface area contributed by atoms with E-state index in [1.54, 1.807) is 26.0 Å². The second kappa shape index (κ2) is 8.07. The number of amides is 4. The fraction of sp³-hybridized carbons (Fsp3) is 0.348. The summed E-state index contributed by atoms with van der Waals surface area (Å²) in [6.07, 6.45) is 0. The van der Waals surface area contributed by atoms with Gasteiger partial charge in [-0.05, 0) is 36.0 Å². The molecule has 3 rings (SSSR count). The maximum atomic E-state index is 13.1. The highest BCUT2D eigenvalue weighted by atomic mass is 16.6. The zero-order chi connectivity index (χ0) is 23.8. The Hall–Kier alpha value is -3.75. The van der Waals surface area contributed by atoms with Crippen molar-refractivity contribution in [1.82, 2.24) is 10.2 Å². The number of nitrogens with zero attached hydrogens (tertiary/aromatic N) is 2. The fourth-order valence-corrected chi connectivity index (χ4v) is 3.53. The third-order valence-electron chi connectivity index (χ3n) is 5.61. The van der Waals surface area contributed by atoms with Gasteiger partial charge in [0.05, 0.1) is 10.6 Å². The molecule has 1 fully saturated rings. The van der Waals surface area contributed by atoms with E-state index in [0.29, 0.717) is 11.1 Å². The first-order valence-corrected chi connectivity index (χ1v) is 10.1. The number of urea groups is 1. The average molecular weight is 438 g/mol. The summed E-state index contributed by atoms with van der Waals surface area (Å²) < 4.78 is 0. The molecule has 2 aromatic carbocycles. The van der Waals surface area contributed by atoms with Crippen molar-refractivity contribution in [2.45, 2.75) is 45.6 Å². The van der Waals surface area contributed by atoms with Gasteiger partial charge in [0.1, 0.15) is 12.1 Å². The molecule has 1 aliphatic heterocycles. The summed E-state index contributed by atoms with van der Waals surface area (Å²) in [6, 6.07) is 10.8. The first-order chi connectivity index (χ1) is 14.8. The van der Waals surface area contributed by atoms with Gasteiger partial charge in [0.25, 0.3) is 11.6 Å². The van der Waals surface area contributed by atoms with Crippen LogP contribution in [0.2, 0.25) is 0 Å². The number of nitrogens with one attached hydrogen (secondary N) is 2. The summed E-state index contributed by atoms with van der Waals surface area (Å²) in [5.41, 5.74) is 1.03. The van der Waals surface area contributed by atoms with E-state index in [9.17, 15) is 24.5 Å². The van der Waals surface area contributed by atoms with E-state index >= 15 is 0 Å². The van der Waals surface area contributed by atoms with Crippen LogP contribution < -0.4 is 10.6 Å². The molecule has 1 atom stereocenters. The number of carbonyl (C=O) groups is 3. The molecule has 32 heavy (non-hydrogen) atoms. The SMILES string of the molecule is Cc1ccc([N+](=O)[O-])cc1NC(=O)CN1C(=O)NC(C)(c2ccc(C(C)(C)C)cc2)C1=O. The molecule has 0 spiro atoms. The average Bonchev–Trinajstić information content (AvgIpc) is 2.93. The van der Waals surface area contributed by atoms with Crippen LogP contribution in [-0.2, 0) is 20.5 Å². The molecular weight excluding hydrogens is 412 g/mol. The normalized spacial score (nSPS) is 18.5. The lowest BCUT2D eigenvalue weighted by atomic mass is 9.84. The van der Waals surface area contributed by atoms with Gasteiger partial charge in [-0.3, -0.25) is 24.6 Å². The maximum absolute atomic E-state index is 13.1. The Morgan fingerprint density at radius 2 is 1.78 bits per heavy atom. The minimum atomic E-state index is -1.30. The fourth-order valence-electron chi connectivity index (χ4n) is 3.53. The number of nitro groups is 1. The number of hydrogen-bond donors (Lipinski definition) is 2. The molecule has 168 valence electrons. The lowest BCUT2D eigenvalue weighted by molar-refractivity contribution is -0.384. The standard InChI is InChI=1S/C23H26N4O5/c1-14-6-11-17(27(31)32)12-18(14)24-19(28)13-26-20(29)23(5,25-21(26)30)16-9-7-15(8-10-16)22(2,3)4/h6-12H,13H2,1-5H3,(H,24,28)(H,25,30). The van der Waals surface area contributed by atoms with Gasteiger partial charge in [0, 0.05) is 12.1 Å². The van der Waals surface area contributed by atoms with Crippen molar-refractivity contribution >= 4 is 29.2 Å². The second-order valence-electron chi connectivity index (χ2n) is 9.08. The highest BCUT2D eigenvalue weighted by molar-refractivity contribution is 6.10. The number of rotatable bonds is 5. The topological polar surface area (TPSA) is 122 Å². The third kappa shape index (κ3) is 4.32. The van der Waals surface area contributed by atoms with Gasteiger partial charge in [-0.1, -0.05) is 51.1 Å². The highest BCUT2D eigenvalue weighted by Gasteiger charge is 2.49. The van der Waals surface area contributed by atoms with Crippen molar-refractivity contribution in [2.75, 3.05) is 11.9 Å². The van der Waals surface area contributed by atoms with Crippen LogP contribution in [0, 0.1) is 17.0 Å².